The standard InChI is InChI=1S/C31H33FN2O3/c1-37-27-13-11-26(12-14-27)34-29(35)16-15-28(30(34)24-7-9-25(32)10-8-24)31(36)33-19-17-23(18-20-33)21-22-5-3-2-4-6-22/h2-14,23,28,30H,15-21H2,1H3/t28-,30+/m0/s1. The van der Waals surface area contributed by atoms with Gasteiger partial charge in [0.05, 0.1) is 19.1 Å². The van der Waals surface area contributed by atoms with Gasteiger partial charge in [-0.15, -0.1) is 0 Å². The molecule has 0 aliphatic carbocycles. The van der Waals surface area contributed by atoms with Gasteiger partial charge in [0, 0.05) is 25.2 Å². The van der Waals surface area contributed by atoms with E-state index in [0.29, 0.717) is 30.2 Å². The largest absolute Gasteiger partial charge is 0.497 e. The Kier molecular flexibility index (Phi) is 7.54. The van der Waals surface area contributed by atoms with Crippen LogP contribution in [-0.2, 0) is 16.0 Å². The van der Waals surface area contributed by atoms with E-state index in [1.54, 1.807) is 24.1 Å². The van der Waals surface area contributed by atoms with E-state index in [-0.39, 0.29) is 17.6 Å². The maximum Gasteiger partial charge on any atom is 0.228 e. The van der Waals surface area contributed by atoms with Crippen LogP contribution in [0.15, 0.2) is 78.9 Å². The summed E-state index contributed by atoms with van der Waals surface area (Å²) in [5.41, 5.74) is 2.81. The molecule has 6 heteroatoms. The van der Waals surface area contributed by atoms with Crippen molar-refractivity contribution in [1.82, 2.24) is 4.90 Å². The van der Waals surface area contributed by atoms with E-state index in [1.165, 1.54) is 17.7 Å². The van der Waals surface area contributed by atoms with Crippen LogP contribution in [0, 0.1) is 17.7 Å². The molecule has 2 aliphatic heterocycles. The molecule has 3 aromatic rings. The first kappa shape index (κ1) is 25.0. The van der Waals surface area contributed by atoms with Crippen molar-refractivity contribution in [1.29, 1.82) is 0 Å². The molecule has 2 amide bonds. The second-order valence-electron chi connectivity index (χ2n) is 10.1. The van der Waals surface area contributed by atoms with E-state index in [2.05, 4.69) is 24.3 Å². The molecule has 192 valence electrons. The summed E-state index contributed by atoms with van der Waals surface area (Å²) in [6.45, 7) is 1.44. The Balaban J connectivity index is 1.38. The van der Waals surface area contributed by atoms with E-state index in [1.807, 2.05) is 35.2 Å². The van der Waals surface area contributed by atoms with Gasteiger partial charge in [-0.3, -0.25) is 9.59 Å². The lowest BCUT2D eigenvalue weighted by atomic mass is 9.82. The number of carbonyl (C=O) groups excluding carboxylic acids is 2. The number of nitrogens with zero attached hydrogens (tertiary/aromatic N) is 2. The van der Waals surface area contributed by atoms with Gasteiger partial charge < -0.3 is 14.5 Å². The van der Waals surface area contributed by atoms with Crippen molar-refractivity contribution in [2.24, 2.45) is 11.8 Å². The van der Waals surface area contributed by atoms with E-state index in [0.717, 1.165) is 37.9 Å². The lowest BCUT2D eigenvalue weighted by molar-refractivity contribution is -0.139. The normalized spacial score (nSPS) is 20.6. The van der Waals surface area contributed by atoms with Crippen LogP contribution in [0.5, 0.6) is 5.75 Å². The average Bonchev–Trinajstić information content (AvgIpc) is 2.94. The summed E-state index contributed by atoms with van der Waals surface area (Å²) in [6, 6.07) is 23.5. The van der Waals surface area contributed by atoms with Crippen LogP contribution in [0.25, 0.3) is 0 Å². The number of rotatable bonds is 6. The van der Waals surface area contributed by atoms with Gasteiger partial charge in [0.1, 0.15) is 11.6 Å². The maximum absolute atomic E-state index is 13.9. The molecule has 0 saturated carbocycles. The Morgan fingerprint density at radius 1 is 0.919 bits per heavy atom. The van der Waals surface area contributed by atoms with E-state index >= 15 is 0 Å². The van der Waals surface area contributed by atoms with Crippen LogP contribution >= 0.6 is 0 Å². The minimum atomic E-state index is -0.496. The van der Waals surface area contributed by atoms with E-state index in [4.69, 9.17) is 4.74 Å². The molecule has 0 radical (unpaired) electrons. The van der Waals surface area contributed by atoms with Crippen LogP contribution in [0.4, 0.5) is 10.1 Å². The molecular formula is C31H33FN2O3. The molecule has 3 aromatic carbocycles. The van der Waals surface area contributed by atoms with Crippen molar-refractivity contribution in [2.45, 2.75) is 38.1 Å². The fourth-order valence-corrected chi connectivity index (χ4v) is 5.78. The van der Waals surface area contributed by atoms with Crippen molar-refractivity contribution in [3.63, 3.8) is 0 Å². The Morgan fingerprint density at radius 2 is 1.59 bits per heavy atom. The third-order valence-corrected chi connectivity index (χ3v) is 7.77. The van der Waals surface area contributed by atoms with Crippen LogP contribution in [0.2, 0.25) is 0 Å². The molecular weight excluding hydrogens is 467 g/mol. The average molecular weight is 501 g/mol. The zero-order valence-electron chi connectivity index (χ0n) is 21.2. The van der Waals surface area contributed by atoms with Crippen LogP contribution in [-0.4, -0.2) is 36.9 Å². The summed E-state index contributed by atoms with van der Waals surface area (Å²) in [5.74, 6) is 0.561. The summed E-state index contributed by atoms with van der Waals surface area (Å²) < 4.78 is 19.1. The second-order valence-corrected chi connectivity index (χ2v) is 10.1. The Labute approximate surface area is 217 Å². The SMILES string of the molecule is COc1ccc(N2C(=O)CC[C@H](C(=O)N3CCC(Cc4ccccc4)CC3)[C@H]2c2ccc(F)cc2)cc1. The molecule has 2 saturated heterocycles. The predicted molar refractivity (Wildman–Crippen MR) is 142 cm³/mol. The summed E-state index contributed by atoms with van der Waals surface area (Å²) in [4.78, 5) is 30.9. The second kappa shape index (κ2) is 11.2. The quantitative estimate of drug-likeness (QED) is 0.430. The smallest absolute Gasteiger partial charge is 0.228 e. The van der Waals surface area contributed by atoms with Gasteiger partial charge in [0.25, 0.3) is 0 Å². The highest BCUT2D eigenvalue weighted by Crippen LogP contribution is 2.41. The molecule has 37 heavy (non-hydrogen) atoms. The van der Waals surface area contributed by atoms with Gasteiger partial charge in [-0.1, -0.05) is 42.5 Å². The third kappa shape index (κ3) is 5.53. The minimum absolute atomic E-state index is 0.0369. The highest BCUT2D eigenvalue weighted by molar-refractivity contribution is 5.97. The highest BCUT2D eigenvalue weighted by Gasteiger charge is 2.43. The van der Waals surface area contributed by atoms with Gasteiger partial charge in [0.2, 0.25) is 11.8 Å². The molecule has 2 atom stereocenters. The van der Waals surface area contributed by atoms with Gasteiger partial charge in [-0.25, -0.2) is 4.39 Å². The summed E-state index contributed by atoms with van der Waals surface area (Å²) in [5, 5.41) is 0. The molecule has 0 unspecified atom stereocenters. The first-order chi connectivity index (χ1) is 18.0. The monoisotopic (exact) mass is 500 g/mol. The number of anilines is 1. The Hall–Kier alpha value is -3.67. The number of hydrogen-bond donors (Lipinski definition) is 0. The van der Waals surface area contributed by atoms with Crippen LogP contribution < -0.4 is 9.64 Å². The Bertz CT molecular complexity index is 1210. The van der Waals surface area contributed by atoms with Crippen molar-refractivity contribution in [3.05, 3.63) is 95.8 Å². The fraction of sp³-hybridized carbons (Fsp3) is 0.355. The zero-order valence-corrected chi connectivity index (χ0v) is 21.2. The molecule has 5 rings (SSSR count). The van der Waals surface area contributed by atoms with Crippen LogP contribution in [0.1, 0.15) is 42.9 Å². The summed E-state index contributed by atoms with van der Waals surface area (Å²) >= 11 is 0. The molecule has 2 fully saturated rings. The van der Waals surface area contributed by atoms with Gasteiger partial charge in [-0.05, 0) is 79.1 Å². The van der Waals surface area contributed by atoms with Gasteiger partial charge in [0.15, 0.2) is 0 Å². The third-order valence-electron chi connectivity index (χ3n) is 7.77. The van der Waals surface area contributed by atoms with Crippen molar-refractivity contribution >= 4 is 17.5 Å². The van der Waals surface area contributed by atoms with Crippen molar-refractivity contribution in [2.75, 3.05) is 25.1 Å². The first-order valence-corrected chi connectivity index (χ1v) is 13.1. The molecule has 0 spiro atoms. The van der Waals surface area contributed by atoms with E-state index in [9.17, 15) is 14.0 Å². The molecule has 0 aromatic heterocycles. The zero-order chi connectivity index (χ0) is 25.8. The molecule has 0 bridgehead atoms. The highest BCUT2D eigenvalue weighted by atomic mass is 19.1. The van der Waals surface area contributed by atoms with Gasteiger partial charge >= 0.3 is 0 Å². The number of methoxy groups -OCH3 is 1. The van der Waals surface area contributed by atoms with Crippen molar-refractivity contribution < 1.29 is 18.7 Å². The molecule has 2 heterocycles. The van der Waals surface area contributed by atoms with E-state index < -0.39 is 12.0 Å². The molecule has 0 N–H and O–H groups in total. The number of ether oxygens (including phenoxy) is 1. The number of likely N-dealkylation sites (tertiary alicyclic amines) is 1. The van der Waals surface area contributed by atoms with Crippen LogP contribution in [0.3, 0.4) is 0 Å². The fourth-order valence-electron chi connectivity index (χ4n) is 5.78. The maximum atomic E-state index is 13.9. The lowest BCUT2D eigenvalue weighted by Gasteiger charge is -2.43. The number of hydrogen-bond acceptors (Lipinski definition) is 3. The van der Waals surface area contributed by atoms with Gasteiger partial charge in [-0.2, -0.15) is 0 Å². The summed E-state index contributed by atoms with van der Waals surface area (Å²) in [6.07, 6.45) is 3.75. The number of benzene rings is 3. The molecule has 5 nitrogen and oxygen atoms in total. The number of amides is 2. The first-order valence-electron chi connectivity index (χ1n) is 13.1. The lowest BCUT2D eigenvalue weighted by Crippen LogP contribution is -2.50. The number of carbonyl (C=O) groups is 2. The topological polar surface area (TPSA) is 49.9 Å². The summed E-state index contributed by atoms with van der Waals surface area (Å²) in [7, 11) is 1.60. The molecule has 2 aliphatic rings. The Morgan fingerprint density at radius 3 is 2.24 bits per heavy atom. The minimum Gasteiger partial charge on any atom is -0.497 e. The van der Waals surface area contributed by atoms with Crippen molar-refractivity contribution in [3.8, 4) is 5.75 Å². The predicted octanol–water partition coefficient (Wildman–Crippen LogP) is 5.80. The number of piperidine rings is 2. The number of halogens is 1.